The number of rotatable bonds is 4. The van der Waals surface area contributed by atoms with Gasteiger partial charge in [0.1, 0.15) is 12.2 Å². The van der Waals surface area contributed by atoms with E-state index in [0.29, 0.717) is 0 Å². The molecule has 64 valence electrons. The molecular formula is C6H11NO4. The molecule has 0 spiro atoms. The van der Waals surface area contributed by atoms with E-state index in [1.165, 1.54) is 6.92 Å². The first kappa shape index (κ1) is 10.1. The molecule has 0 heterocycles. The van der Waals surface area contributed by atoms with Crippen LogP contribution in [0.1, 0.15) is 6.92 Å². The topological polar surface area (TPSA) is 101 Å². The molecule has 0 saturated carbocycles. The van der Waals surface area contributed by atoms with Gasteiger partial charge in [-0.15, -0.1) is 0 Å². The van der Waals surface area contributed by atoms with Crippen molar-refractivity contribution in [2.45, 2.75) is 19.1 Å². The number of aliphatic carboxylic acids is 1. The molecule has 0 radical (unpaired) electrons. The number of nitrogens with two attached hydrogens (primary N) is 1. The van der Waals surface area contributed by atoms with Crippen LogP contribution in [-0.4, -0.2) is 34.6 Å². The summed E-state index contributed by atoms with van der Waals surface area (Å²) in [6.45, 7) is 1.34. The molecule has 0 aliphatic carbocycles. The SMILES string of the molecule is CC(O)C(N)C(C=O)C(=O)O. The molecule has 5 nitrogen and oxygen atoms in total. The van der Waals surface area contributed by atoms with E-state index in [-0.39, 0.29) is 6.29 Å². The summed E-state index contributed by atoms with van der Waals surface area (Å²) in [7, 11) is 0. The van der Waals surface area contributed by atoms with Crippen molar-refractivity contribution >= 4 is 12.3 Å². The Morgan fingerprint density at radius 1 is 1.64 bits per heavy atom. The number of carbonyl (C=O) groups excluding carboxylic acids is 1. The zero-order valence-corrected chi connectivity index (χ0v) is 6.10. The fraction of sp³-hybridized carbons (Fsp3) is 0.667. The third-order valence-electron chi connectivity index (χ3n) is 1.40. The van der Waals surface area contributed by atoms with Crippen molar-refractivity contribution in [1.82, 2.24) is 0 Å². The molecule has 0 amide bonds. The Labute approximate surface area is 63.8 Å². The highest BCUT2D eigenvalue weighted by Gasteiger charge is 2.27. The fourth-order valence-corrected chi connectivity index (χ4v) is 0.614. The van der Waals surface area contributed by atoms with E-state index in [9.17, 15) is 9.59 Å². The van der Waals surface area contributed by atoms with E-state index in [4.69, 9.17) is 15.9 Å². The zero-order valence-electron chi connectivity index (χ0n) is 6.10. The van der Waals surface area contributed by atoms with Crippen molar-refractivity contribution in [3.63, 3.8) is 0 Å². The largest absolute Gasteiger partial charge is 0.481 e. The van der Waals surface area contributed by atoms with E-state index >= 15 is 0 Å². The molecule has 0 bridgehead atoms. The van der Waals surface area contributed by atoms with Crippen LogP contribution in [-0.2, 0) is 9.59 Å². The average molecular weight is 161 g/mol. The summed E-state index contributed by atoms with van der Waals surface area (Å²) in [5.74, 6) is -2.64. The van der Waals surface area contributed by atoms with Gasteiger partial charge in [-0.1, -0.05) is 0 Å². The number of aliphatic hydroxyl groups excluding tert-OH is 1. The van der Waals surface area contributed by atoms with Crippen LogP contribution in [0.25, 0.3) is 0 Å². The summed E-state index contributed by atoms with van der Waals surface area (Å²) in [4.78, 5) is 20.4. The first-order chi connectivity index (χ1) is 5.00. The molecule has 4 N–H and O–H groups in total. The van der Waals surface area contributed by atoms with Crippen LogP contribution in [0.2, 0.25) is 0 Å². The molecule has 0 aromatic rings. The standard InChI is InChI=1S/C6H11NO4/c1-3(9)5(7)4(2-8)6(10)11/h2-5,9H,7H2,1H3,(H,10,11). The number of carboxylic acid groups (broad SMARTS) is 1. The van der Waals surface area contributed by atoms with E-state index < -0.39 is 24.0 Å². The molecule has 0 aliphatic heterocycles. The third-order valence-corrected chi connectivity index (χ3v) is 1.40. The van der Waals surface area contributed by atoms with Gasteiger partial charge in [0.2, 0.25) is 0 Å². The Morgan fingerprint density at radius 3 is 2.18 bits per heavy atom. The molecule has 0 saturated heterocycles. The van der Waals surface area contributed by atoms with Gasteiger partial charge < -0.3 is 20.7 Å². The monoisotopic (exact) mass is 161 g/mol. The first-order valence-electron chi connectivity index (χ1n) is 3.12. The zero-order chi connectivity index (χ0) is 9.02. The number of hydrogen-bond acceptors (Lipinski definition) is 4. The van der Waals surface area contributed by atoms with Crippen LogP contribution in [0, 0.1) is 5.92 Å². The van der Waals surface area contributed by atoms with Gasteiger partial charge in [0.15, 0.2) is 0 Å². The number of hydrogen-bond donors (Lipinski definition) is 3. The Hall–Kier alpha value is -0.940. The minimum atomic E-state index is -1.32. The summed E-state index contributed by atoms with van der Waals surface area (Å²) in [5.41, 5.74) is 5.21. The second kappa shape index (κ2) is 4.05. The highest BCUT2D eigenvalue weighted by molar-refractivity contribution is 5.87. The first-order valence-corrected chi connectivity index (χ1v) is 3.12. The maximum Gasteiger partial charge on any atom is 0.315 e. The van der Waals surface area contributed by atoms with Crippen molar-refractivity contribution < 1.29 is 19.8 Å². The molecule has 0 fully saturated rings. The summed E-state index contributed by atoms with van der Waals surface area (Å²) in [6.07, 6.45) is -0.777. The second-order valence-corrected chi connectivity index (χ2v) is 2.32. The minimum Gasteiger partial charge on any atom is -0.481 e. The van der Waals surface area contributed by atoms with Crippen LogP contribution in [0.5, 0.6) is 0 Å². The van der Waals surface area contributed by atoms with Gasteiger partial charge in [0.05, 0.1) is 12.1 Å². The third kappa shape index (κ3) is 2.65. The van der Waals surface area contributed by atoms with E-state index in [1.807, 2.05) is 0 Å². The number of aliphatic hydroxyl groups is 1. The fourth-order valence-electron chi connectivity index (χ4n) is 0.614. The quantitative estimate of drug-likeness (QED) is 0.347. The van der Waals surface area contributed by atoms with Crippen LogP contribution < -0.4 is 5.73 Å². The molecule has 3 unspecified atom stereocenters. The maximum atomic E-state index is 10.3. The summed E-state index contributed by atoms with van der Waals surface area (Å²) in [5, 5.41) is 17.2. The minimum absolute atomic E-state index is 0.222. The lowest BCUT2D eigenvalue weighted by molar-refractivity contribution is -0.145. The Balaban J connectivity index is 4.25. The highest BCUT2D eigenvalue weighted by atomic mass is 16.4. The van der Waals surface area contributed by atoms with Crippen molar-refractivity contribution in [1.29, 1.82) is 0 Å². The van der Waals surface area contributed by atoms with Crippen LogP contribution in [0.3, 0.4) is 0 Å². The lowest BCUT2D eigenvalue weighted by Crippen LogP contribution is -2.44. The van der Waals surface area contributed by atoms with Gasteiger partial charge in [-0.2, -0.15) is 0 Å². The Morgan fingerprint density at radius 2 is 2.09 bits per heavy atom. The molecule has 0 aliphatic rings. The van der Waals surface area contributed by atoms with Gasteiger partial charge >= 0.3 is 5.97 Å². The van der Waals surface area contributed by atoms with Gasteiger partial charge in [-0.3, -0.25) is 4.79 Å². The maximum absolute atomic E-state index is 10.3. The van der Waals surface area contributed by atoms with Crippen molar-refractivity contribution in [2.24, 2.45) is 11.7 Å². The van der Waals surface area contributed by atoms with Crippen LogP contribution in [0.15, 0.2) is 0 Å². The van der Waals surface area contributed by atoms with Gasteiger partial charge in [-0.25, -0.2) is 0 Å². The van der Waals surface area contributed by atoms with Gasteiger partial charge in [-0.05, 0) is 6.92 Å². The lowest BCUT2D eigenvalue weighted by atomic mass is 9.98. The van der Waals surface area contributed by atoms with Gasteiger partial charge in [0, 0.05) is 0 Å². The molecule has 0 aromatic carbocycles. The molecular weight excluding hydrogens is 150 g/mol. The number of carboxylic acids is 1. The van der Waals surface area contributed by atoms with E-state index in [0.717, 1.165) is 0 Å². The highest BCUT2D eigenvalue weighted by Crippen LogP contribution is 2.02. The lowest BCUT2D eigenvalue weighted by Gasteiger charge is -2.17. The predicted molar refractivity (Wildman–Crippen MR) is 36.8 cm³/mol. The normalized spacial score (nSPS) is 18.5. The van der Waals surface area contributed by atoms with Crippen molar-refractivity contribution in [2.75, 3.05) is 0 Å². The number of carbonyl (C=O) groups is 2. The van der Waals surface area contributed by atoms with Crippen LogP contribution >= 0.6 is 0 Å². The smallest absolute Gasteiger partial charge is 0.315 e. The Kier molecular flexibility index (Phi) is 3.70. The average Bonchev–Trinajstić information content (AvgIpc) is 1.88. The second-order valence-electron chi connectivity index (χ2n) is 2.32. The summed E-state index contributed by atoms with van der Waals surface area (Å²) in [6, 6.07) is -1.04. The number of aldehydes is 1. The van der Waals surface area contributed by atoms with Crippen LogP contribution in [0.4, 0.5) is 0 Å². The van der Waals surface area contributed by atoms with Crippen molar-refractivity contribution in [3.05, 3.63) is 0 Å². The molecule has 0 aromatic heterocycles. The molecule has 5 heteroatoms. The molecule has 3 atom stereocenters. The van der Waals surface area contributed by atoms with Crippen molar-refractivity contribution in [3.8, 4) is 0 Å². The molecule has 0 rings (SSSR count). The van der Waals surface area contributed by atoms with E-state index in [2.05, 4.69) is 0 Å². The summed E-state index contributed by atoms with van der Waals surface area (Å²) < 4.78 is 0. The Bertz CT molecular complexity index is 157. The van der Waals surface area contributed by atoms with E-state index in [1.54, 1.807) is 0 Å². The predicted octanol–water partition coefficient (Wildman–Crippen LogP) is -1.41. The van der Waals surface area contributed by atoms with Gasteiger partial charge in [0.25, 0.3) is 0 Å². The summed E-state index contributed by atoms with van der Waals surface area (Å²) >= 11 is 0. The molecule has 11 heavy (non-hydrogen) atoms.